The first-order chi connectivity index (χ1) is 14.3. The van der Waals surface area contributed by atoms with E-state index in [0.717, 1.165) is 25.9 Å². The van der Waals surface area contributed by atoms with Crippen molar-refractivity contribution in [2.75, 3.05) is 32.1 Å². The molecule has 3 N–H and O–H groups in total. The third kappa shape index (κ3) is 5.37. The fourth-order valence-corrected chi connectivity index (χ4v) is 3.23. The quantitative estimate of drug-likeness (QED) is 0.291. The summed E-state index contributed by atoms with van der Waals surface area (Å²) in [7, 11) is 1.37. The van der Waals surface area contributed by atoms with Gasteiger partial charge < -0.3 is 24.7 Å². The minimum atomic E-state index is -0.543. The number of carbonyl (C=O) groups is 2. The number of amides is 2. The van der Waals surface area contributed by atoms with Crippen LogP contribution in [0, 0.1) is 10.8 Å². The third-order valence-electron chi connectivity index (χ3n) is 5.26. The molecule has 1 aliphatic rings. The number of carbonyl (C=O) groups excluding carboxylic acids is 2. The first kappa shape index (κ1) is 21.4. The van der Waals surface area contributed by atoms with Crippen molar-refractivity contribution in [1.82, 2.24) is 19.6 Å². The second-order valence-corrected chi connectivity index (χ2v) is 8.09. The van der Waals surface area contributed by atoms with Crippen molar-refractivity contribution in [3.8, 4) is 0 Å². The van der Waals surface area contributed by atoms with E-state index < -0.39 is 5.91 Å². The van der Waals surface area contributed by atoms with Gasteiger partial charge in [0.2, 0.25) is 5.91 Å². The van der Waals surface area contributed by atoms with Gasteiger partial charge in [-0.1, -0.05) is 13.8 Å². The molecule has 2 aromatic heterocycles. The van der Waals surface area contributed by atoms with Gasteiger partial charge in [-0.25, -0.2) is 4.98 Å². The number of aromatic nitrogens is 2. The topological polar surface area (TPSA) is 112 Å². The Kier molecular flexibility index (Phi) is 6.39. The number of nitrogens with one attached hydrogen (secondary N) is 3. The molecule has 0 spiro atoms. The summed E-state index contributed by atoms with van der Waals surface area (Å²) in [6, 6.07) is 3.48. The van der Waals surface area contributed by atoms with Crippen LogP contribution in [0.4, 0.5) is 5.69 Å². The van der Waals surface area contributed by atoms with Crippen LogP contribution in [0.25, 0.3) is 5.65 Å². The summed E-state index contributed by atoms with van der Waals surface area (Å²) < 4.78 is 6.97. The van der Waals surface area contributed by atoms with Crippen LogP contribution < -0.4 is 10.6 Å². The summed E-state index contributed by atoms with van der Waals surface area (Å²) in [5.74, 6) is -0.687. The molecule has 0 atom stereocenters. The average Bonchev–Trinajstić information content (AvgIpc) is 3.17. The van der Waals surface area contributed by atoms with Crippen LogP contribution in [0.3, 0.4) is 0 Å². The van der Waals surface area contributed by atoms with E-state index in [-0.39, 0.29) is 29.5 Å². The van der Waals surface area contributed by atoms with Crippen LogP contribution >= 0.6 is 0 Å². The highest BCUT2D eigenvalue weighted by molar-refractivity contribution is 6.02. The number of amidine groups is 1. The normalized spacial score (nSPS) is 16.2. The molecule has 1 aliphatic heterocycles. The Balaban J connectivity index is 1.52. The standard InChI is InChI=1S/C21H28N6O3/c1-21(2)5-9-26(10-6-21)17(22)13-16(30-3)20(29)24-14-19(28)25-15-4-8-27-11-7-23-18(27)12-15/h4,7-8,11-13,22H,5-6,9-10,14H2,1-3H3,(H,24,29)(H,25,28)/b16-13+,22-17?. The van der Waals surface area contributed by atoms with Crippen LogP contribution in [0.15, 0.2) is 42.6 Å². The summed E-state index contributed by atoms with van der Waals surface area (Å²) in [6.07, 6.45) is 8.64. The Bertz CT molecular complexity index is 968. The van der Waals surface area contributed by atoms with Gasteiger partial charge >= 0.3 is 0 Å². The molecular formula is C21H28N6O3. The fourth-order valence-electron chi connectivity index (χ4n) is 3.23. The van der Waals surface area contributed by atoms with E-state index in [9.17, 15) is 9.59 Å². The predicted molar refractivity (Wildman–Crippen MR) is 114 cm³/mol. The van der Waals surface area contributed by atoms with Crippen molar-refractivity contribution in [1.29, 1.82) is 5.41 Å². The van der Waals surface area contributed by atoms with E-state index in [2.05, 4.69) is 29.5 Å². The summed E-state index contributed by atoms with van der Waals surface area (Å²) in [4.78, 5) is 30.6. The molecule has 0 bridgehead atoms. The van der Waals surface area contributed by atoms with Crippen molar-refractivity contribution >= 4 is 29.0 Å². The van der Waals surface area contributed by atoms with Crippen LogP contribution in [0.1, 0.15) is 26.7 Å². The number of fused-ring (bicyclic) bond motifs is 1. The SMILES string of the molecule is CO/C(=C/C(=N)N1CCC(C)(C)CC1)C(=O)NCC(=O)Nc1ccn2ccnc2c1. The molecule has 0 saturated carbocycles. The number of anilines is 1. The molecule has 2 amide bonds. The van der Waals surface area contributed by atoms with Crippen LogP contribution in [0.2, 0.25) is 0 Å². The maximum atomic E-state index is 12.4. The van der Waals surface area contributed by atoms with Crippen LogP contribution in [-0.2, 0) is 14.3 Å². The van der Waals surface area contributed by atoms with Gasteiger partial charge in [0.25, 0.3) is 5.91 Å². The number of imidazole rings is 1. The third-order valence-corrected chi connectivity index (χ3v) is 5.26. The van der Waals surface area contributed by atoms with Crippen molar-refractivity contribution in [3.63, 3.8) is 0 Å². The van der Waals surface area contributed by atoms with Crippen molar-refractivity contribution < 1.29 is 14.3 Å². The van der Waals surface area contributed by atoms with Gasteiger partial charge in [0.1, 0.15) is 11.5 Å². The highest BCUT2D eigenvalue weighted by atomic mass is 16.5. The Morgan fingerprint density at radius 1 is 1.30 bits per heavy atom. The monoisotopic (exact) mass is 412 g/mol. The van der Waals surface area contributed by atoms with Gasteiger partial charge in [-0.2, -0.15) is 0 Å². The molecule has 30 heavy (non-hydrogen) atoms. The first-order valence-corrected chi connectivity index (χ1v) is 9.87. The average molecular weight is 412 g/mol. The molecule has 0 aliphatic carbocycles. The minimum absolute atomic E-state index is 0.00330. The molecule has 9 nitrogen and oxygen atoms in total. The van der Waals surface area contributed by atoms with Gasteiger partial charge in [-0.15, -0.1) is 0 Å². The molecule has 0 unspecified atom stereocenters. The number of hydrogen-bond acceptors (Lipinski definition) is 5. The summed E-state index contributed by atoms with van der Waals surface area (Å²) in [5, 5.41) is 13.5. The highest BCUT2D eigenvalue weighted by Crippen LogP contribution is 2.29. The molecule has 3 rings (SSSR count). The number of methoxy groups -OCH3 is 1. The van der Waals surface area contributed by atoms with Crippen molar-refractivity contribution in [2.24, 2.45) is 5.41 Å². The molecule has 9 heteroatoms. The zero-order valence-electron chi connectivity index (χ0n) is 17.6. The lowest BCUT2D eigenvalue weighted by atomic mass is 9.82. The molecule has 160 valence electrons. The molecule has 1 saturated heterocycles. The molecule has 1 fully saturated rings. The molecule has 0 aromatic carbocycles. The number of piperidine rings is 1. The summed E-state index contributed by atoms with van der Waals surface area (Å²) >= 11 is 0. The van der Waals surface area contributed by atoms with E-state index in [0.29, 0.717) is 11.3 Å². The second kappa shape index (κ2) is 8.98. The minimum Gasteiger partial charge on any atom is -0.491 e. The number of rotatable bonds is 6. The highest BCUT2D eigenvalue weighted by Gasteiger charge is 2.26. The number of hydrogen-bond donors (Lipinski definition) is 3. The van der Waals surface area contributed by atoms with Crippen LogP contribution in [-0.4, -0.2) is 58.7 Å². The van der Waals surface area contributed by atoms with Crippen LogP contribution in [0.5, 0.6) is 0 Å². The molecular weight excluding hydrogens is 384 g/mol. The van der Waals surface area contributed by atoms with Gasteiger partial charge in [0.05, 0.1) is 13.7 Å². The molecule has 0 radical (unpaired) electrons. The Labute approximate surface area is 175 Å². The molecule has 2 aromatic rings. The Hall–Kier alpha value is -3.36. The van der Waals surface area contributed by atoms with E-state index in [4.69, 9.17) is 10.1 Å². The van der Waals surface area contributed by atoms with E-state index in [1.54, 1.807) is 24.5 Å². The predicted octanol–water partition coefficient (Wildman–Crippen LogP) is 2.02. The van der Waals surface area contributed by atoms with E-state index >= 15 is 0 Å². The Morgan fingerprint density at radius 2 is 2.03 bits per heavy atom. The summed E-state index contributed by atoms with van der Waals surface area (Å²) in [6.45, 7) is 5.76. The Morgan fingerprint density at radius 3 is 2.73 bits per heavy atom. The maximum Gasteiger partial charge on any atom is 0.286 e. The lowest BCUT2D eigenvalue weighted by molar-refractivity contribution is -0.123. The number of ether oxygens (including phenoxy) is 1. The fraction of sp³-hybridized carbons (Fsp3) is 0.429. The zero-order valence-corrected chi connectivity index (χ0v) is 17.6. The number of likely N-dealkylation sites (tertiary alicyclic amines) is 1. The largest absolute Gasteiger partial charge is 0.491 e. The maximum absolute atomic E-state index is 12.4. The van der Waals surface area contributed by atoms with Crippen molar-refractivity contribution in [3.05, 3.63) is 42.6 Å². The van der Waals surface area contributed by atoms with Gasteiger partial charge in [-0.05, 0) is 24.3 Å². The van der Waals surface area contributed by atoms with Gasteiger partial charge in [-0.3, -0.25) is 15.0 Å². The lowest BCUT2D eigenvalue weighted by Crippen LogP contribution is -2.40. The summed E-state index contributed by atoms with van der Waals surface area (Å²) in [5.41, 5.74) is 1.57. The molecule has 3 heterocycles. The van der Waals surface area contributed by atoms with E-state index in [1.165, 1.54) is 13.2 Å². The second-order valence-electron chi connectivity index (χ2n) is 8.09. The van der Waals surface area contributed by atoms with E-state index in [1.807, 2.05) is 15.5 Å². The smallest absolute Gasteiger partial charge is 0.286 e. The number of pyridine rings is 1. The van der Waals surface area contributed by atoms with Crippen molar-refractivity contribution in [2.45, 2.75) is 26.7 Å². The first-order valence-electron chi connectivity index (χ1n) is 9.87. The van der Waals surface area contributed by atoms with Gasteiger partial charge in [0.15, 0.2) is 5.76 Å². The zero-order chi connectivity index (χ0) is 21.7. The van der Waals surface area contributed by atoms with Gasteiger partial charge in [0, 0.05) is 49.5 Å². The number of nitrogens with zero attached hydrogens (tertiary/aromatic N) is 3. The lowest BCUT2D eigenvalue weighted by Gasteiger charge is -2.37.